The van der Waals surface area contributed by atoms with E-state index < -0.39 is 0 Å². The Labute approximate surface area is 138 Å². The lowest BCUT2D eigenvalue weighted by Gasteiger charge is -2.32. The van der Waals surface area contributed by atoms with Crippen molar-refractivity contribution in [2.75, 3.05) is 26.7 Å². The van der Waals surface area contributed by atoms with Crippen LogP contribution >= 0.6 is 12.4 Å². The van der Waals surface area contributed by atoms with Crippen LogP contribution in [0.5, 0.6) is 0 Å². The van der Waals surface area contributed by atoms with E-state index in [9.17, 15) is 9.18 Å². The van der Waals surface area contributed by atoms with Crippen LogP contribution in [0.4, 0.5) is 4.39 Å². The molecule has 1 atom stereocenters. The van der Waals surface area contributed by atoms with E-state index in [0.717, 1.165) is 43.6 Å². The first-order valence-electron chi connectivity index (χ1n) is 7.48. The SMILES string of the molecule is CNCC1CCCN(C(=O)/C=C(/C)c2cccc(F)c2)C1.Cl. The smallest absolute Gasteiger partial charge is 0.246 e. The fraction of sp³-hybridized carbons (Fsp3) is 0.471. The molecule has 0 spiro atoms. The summed E-state index contributed by atoms with van der Waals surface area (Å²) in [6, 6.07) is 6.35. The highest BCUT2D eigenvalue weighted by Gasteiger charge is 2.22. The molecule has 122 valence electrons. The number of amides is 1. The average molecular weight is 327 g/mol. The van der Waals surface area contributed by atoms with Gasteiger partial charge in [0.05, 0.1) is 0 Å². The third kappa shape index (κ3) is 5.11. The Bertz CT molecular complexity index is 531. The summed E-state index contributed by atoms with van der Waals surface area (Å²) in [5, 5.41) is 3.17. The number of benzene rings is 1. The topological polar surface area (TPSA) is 32.3 Å². The third-order valence-corrected chi connectivity index (χ3v) is 3.94. The Morgan fingerprint density at radius 3 is 2.95 bits per heavy atom. The molecular formula is C17H24ClFN2O. The summed E-state index contributed by atoms with van der Waals surface area (Å²) in [6.45, 7) is 4.40. The van der Waals surface area contributed by atoms with Gasteiger partial charge in [-0.15, -0.1) is 12.4 Å². The average Bonchev–Trinajstić information content (AvgIpc) is 2.48. The minimum absolute atomic E-state index is 0. The molecule has 1 aromatic rings. The molecule has 1 aliphatic heterocycles. The summed E-state index contributed by atoms with van der Waals surface area (Å²) in [5.74, 6) is 0.271. The Balaban J connectivity index is 0.00000242. The molecule has 0 aliphatic carbocycles. The first kappa shape index (κ1) is 18.7. The lowest BCUT2D eigenvalue weighted by Crippen LogP contribution is -2.41. The van der Waals surface area contributed by atoms with Crippen molar-refractivity contribution in [3.63, 3.8) is 0 Å². The zero-order valence-electron chi connectivity index (χ0n) is 13.1. The summed E-state index contributed by atoms with van der Waals surface area (Å²) >= 11 is 0. The van der Waals surface area contributed by atoms with Crippen LogP contribution in [-0.2, 0) is 4.79 Å². The summed E-state index contributed by atoms with van der Waals surface area (Å²) in [7, 11) is 1.94. The van der Waals surface area contributed by atoms with Crippen LogP contribution in [0.15, 0.2) is 30.3 Å². The normalized spacial score (nSPS) is 18.8. The molecule has 5 heteroatoms. The third-order valence-electron chi connectivity index (χ3n) is 3.94. The number of allylic oxidation sites excluding steroid dienone is 1. The number of nitrogens with one attached hydrogen (secondary N) is 1. The van der Waals surface area contributed by atoms with E-state index in [2.05, 4.69) is 5.32 Å². The molecular weight excluding hydrogens is 303 g/mol. The molecule has 0 saturated carbocycles. The number of likely N-dealkylation sites (tertiary alicyclic amines) is 1. The Hall–Kier alpha value is -1.39. The highest BCUT2D eigenvalue weighted by Crippen LogP contribution is 2.19. The standard InChI is InChI=1S/C17H23FN2O.ClH/c1-13(15-6-3-7-16(18)10-15)9-17(21)20-8-4-5-14(12-20)11-19-2;/h3,6-7,9-10,14,19H,4-5,8,11-12H2,1-2H3;1H/b13-9-;. The molecule has 1 N–H and O–H groups in total. The van der Waals surface area contributed by atoms with Crippen LogP contribution in [0.1, 0.15) is 25.3 Å². The van der Waals surface area contributed by atoms with Crippen molar-refractivity contribution >= 4 is 23.9 Å². The monoisotopic (exact) mass is 326 g/mol. The largest absolute Gasteiger partial charge is 0.339 e. The highest BCUT2D eigenvalue weighted by atomic mass is 35.5. The van der Waals surface area contributed by atoms with Gasteiger partial charge in [0.25, 0.3) is 0 Å². The number of hydrogen-bond acceptors (Lipinski definition) is 2. The molecule has 1 heterocycles. The van der Waals surface area contributed by atoms with E-state index in [4.69, 9.17) is 0 Å². The molecule has 1 saturated heterocycles. The maximum Gasteiger partial charge on any atom is 0.246 e. The molecule has 0 aromatic heterocycles. The van der Waals surface area contributed by atoms with Gasteiger partial charge in [-0.2, -0.15) is 0 Å². The van der Waals surface area contributed by atoms with Gasteiger partial charge in [0.15, 0.2) is 0 Å². The number of carbonyl (C=O) groups excluding carboxylic acids is 1. The maximum atomic E-state index is 13.2. The van der Waals surface area contributed by atoms with Gasteiger partial charge in [-0.3, -0.25) is 4.79 Å². The summed E-state index contributed by atoms with van der Waals surface area (Å²) < 4.78 is 13.2. The number of carbonyl (C=O) groups is 1. The van der Waals surface area contributed by atoms with Gasteiger partial charge >= 0.3 is 0 Å². The molecule has 1 aliphatic rings. The fourth-order valence-corrected chi connectivity index (χ4v) is 2.81. The maximum absolute atomic E-state index is 13.2. The number of nitrogens with zero attached hydrogens (tertiary/aromatic N) is 1. The van der Waals surface area contributed by atoms with Crippen LogP contribution in [0.2, 0.25) is 0 Å². The van der Waals surface area contributed by atoms with Crippen LogP contribution in [0.25, 0.3) is 5.57 Å². The zero-order chi connectivity index (χ0) is 15.2. The van der Waals surface area contributed by atoms with E-state index >= 15 is 0 Å². The van der Waals surface area contributed by atoms with Crippen molar-refractivity contribution in [3.05, 3.63) is 41.7 Å². The van der Waals surface area contributed by atoms with Crippen LogP contribution < -0.4 is 5.32 Å². The second kappa shape index (κ2) is 8.91. The van der Waals surface area contributed by atoms with E-state index in [1.165, 1.54) is 12.1 Å². The van der Waals surface area contributed by atoms with Crippen LogP contribution in [0, 0.1) is 11.7 Å². The van der Waals surface area contributed by atoms with Crippen molar-refractivity contribution in [3.8, 4) is 0 Å². The van der Waals surface area contributed by atoms with Gasteiger partial charge in [-0.1, -0.05) is 12.1 Å². The summed E-state index contributed by atoms with van der Waals surface area (Å²) in [4.78, 5) is 14.2. The molecule has 1 unspecified atom stereocenters. The molecule has 0 radical (unpaired) electrons. The Kier molecular flexibility index (Phi) is 7.56. The minimum Gasteiger partial charge on any atom is -0.339 e. The van der Waals surface area contributed by atoms with Crippen molar-refractivity contribution < 1.29 is 9.18 Å². The number of halogens is 2. The van der Waals surface area contributed by atoms with Crippen molar-refractivity contribution in [2.24, 2.45) is 5.92 Å². The van der Waals surface area contributed by atoms with Crippen molar-refractivity contribution in [1.82, 2.24) is 10.2 Å². The second-order valence-corrected chi connectivity index (χ2v) is 5.69. The predicted octanol–water partition coefficient (Wildman–Crippen LogP) is 3.11. The zero-order valence-corrected chi connectivity index (χ0v) is 14.0. The van der Waals surface area contributed by atoms with Gasteiger partial charge < -0.3 is 10.2 Å². The van der Waals surface area contributed by atoms with E-state index in [-0.39, 0.29) is 24.1 Å². The van der Waals surface area contributed by atoms with Gasteiger partial charge in [0.1, 0.15) is 5.82 Å². The summed E-state index contributed by atoms with van der Waals surface area (Å²) in [5.41, 5.74) is 1.56. The van der Waals surface area contributed by atoms with Crippen LogP contribution in [-0.4, -0.2) is 37.5 Å². The predicted molar refractivity (Wildman–Crippen MR) is 90.5 cm³/mol. The molecule has 22 heavy (non-hydrogen) atoms. The molecule has 1 fully saturated rings. The lowest BCUT2D eigenvalue weighted by molar-refractivity contribution is -0.127. The first-order chi connectivity index (χ1) is 10.1. The minimum atomic E-state index is -0.278. The molecule has 3 nitrogen and oxygen atoms in total. The highest BCUT2D eigenvalue weighted by molar-refractivity contribution is 5.94. The molecule has 1 aromatic carbocycles. The van der Waals surface area contributed by atoms with E-state index in [1.54, 1.807) is 12.1 Å². The van der Waals surface area contributed by atoms with Gasteiger partial charge in [-0.25, -0.2) is 4.39 Å². The quantitative estimate of drug-likeness (QED) is 0.862. The van der Waals surface area contributed by atoms with Crippen molar-refractivity contribution in [1.29, 1.82) is 0 Å². The first-order valence-corrected chi connectivity index (χ1v) is 7.48. The number of rotatable bonds is 4. The van der Waals surface area contributed by atoms with Crippen molar-refractivity contribution in [2.45, 2.75) is 19.8 Å². The van der Waals surface area contributed by atoms with Crippen LogP contribution in [0.3, 0.4) is 0 Å². The van der Waals surface area contributed by atoms with Gasteiger partial charge in [-0.05, 0) is 62.5 Å². The van der Waals surface area contributed by atoms with E-state index in [1.807, 2.05) is 24.9 Å². The van der Waals surface area contributed by atoms with Gasteiger partial charge in [0, 0.05) is 19.2 Å². The number of piperidine rings is 1. The molecule has 1 amide bonds. The second-order valence-electron chi connectivity index (χ2n) is 5.69. The number of hydrogen-bond donors (Lipinski definition) is 1. The Morgan fingerprint density at radius 1 is 1.50 bits per heavy atom. The summed E-state index contributed by atoms with van der Waals surface area (Å²) in [6.07, 6.45) is 3.83. The fourth-order valence-electron chi connectivity index (χ4n) is 2.81. The lowest BCUT2D eigenvalue weighted by atomic mass is 9.97. The van der Waals surface area contributed by atoms with E-state index in [0.29, 0.717) is 5.92 Å². The van der Waals surface area contributed by atoms with Gasteiger partial charge in [0.2, 0.25) is 5.91 Å². The Morgan fingerprint density at radius 2 is 2.27 bits per heavy atom. The molecule has 0 bridgehead atoms. The molecule has 2 rings (SSSR count).